The molecule has 0 spiro atoms. The van der Waals surface area contributed by atoms with Crippen LogP contribution in [0, 0.1) is 0 Å². The number of unbranched alkanes of at least 4 members (excludes halogenated alkanes) is 2. The van der Waals surface area contributed by atoms with Gasteiger partial charge in [-0.05, 0) is 44.2 Å². The SMILES string of the molecule is C=CCCCC=C.C=CCC[Si](CCC=C)(c1ccccc1)c1ccccc1. The van der Waals surface area contributed by atoms with E-state index in [0.29, 0.717) is 0 Å². The molecular formula is C27H36Si. The second kappa shape index (κ2) is 14.6. The highest BCUT2D eigenvalue weighted by Crippen LogP contribution is 2.21. The Morgan fingerprint density at radius 3 is 1.21 bits per heavy atom. The first-order chi connectivity index (χ1) is 13.7. The number of hydrogen-bond acceptors (Lipinski definition) is 0. The Hall–Kier alpha value is -2.38. The van der Waals surface area contributed by atoms with E-state index in [4.69, 9.17) is 0 Å². The summed E-state index contributed by atoms with van der Waals surface area (Å²) in [5, 5.41) is 3.06. The number of hydrogen-bond donors (Lipinski definition) is 0. The molecule has 0 aliphatic carbocycles. The second-order valence-corrected chi connectivity index (χ2v) is 11.3. The lowest BCUT2D eigenvalue weighted by atomic mass is 10.2. The molecule has 148 valence electrons. The van der Waals surface area contributed by atoms with Gasteiger partial charge in [0.25, 0.3) is 0 Å². The fraction of sp³-hybridized carbons (Fsp3) is 0.259. The molecule has 2 aromatic carbocycles. The average molecular weight is 389 g/mol. The van der Waals surface area contributed by atoms with Gasteiger partial charge in [-0.2, -0.15) is 0 Å². The van der Waals surface area contributed by atoms with Gasteiger partial charge in [-0.15, -0.1) is 26.3 Å². The van der Waals surface area contributed by atoms with Gasteiger partial charge in [-0.25, -0.2) is 0 Å². The highest BCUT2D eigenvalue weighted by atomic mass is 28.3. The van der Waals surface area contributed by atoms with Crippen molar-refractivity contribution in [2.45, 2.75) is 44.2 Å². The van der Waals surface area contributed by atoms with E-state index in [2.05, 4.69) is 99.1 Å². The Morgan fingerprint density at radius 1 is 0.536 bits per heavy atom. The minimum atomic E-state index is -1.73. The zero-order valence-electron chi connectivity index (χ0n) is 17.4. The summed E-state index contributed by atoms with van der Waals surface area (Å²) in [6, 6.07) is 24.6. The minimum absolute atomic E-state index is 1.08. The van der Waals surface area contributed by atoms with Gasteiger partial charge in [0.05, 0.1) is 0 Å². The Balaban J connectivity index is 0.000000480. The van der Waals surface area contributed by atoms with Crippen molar-refractivity contribution in [2.75, 3.05) is 0 Å². The molecule has 0 aromatic heterocycles. The summed E-state index contributed by atoms with van der Waals surface area (Å²) in [4.78, 5) is 0. The summed E-state index contributed by atoms with van der Waals surface area (Å²) in [5.41, 5.74) is 0. The van der Waals surface area contributed by atoms with E-state index in [0.717, 1.165) is 25.7 Å². The van der Waals surface area contributed by atoms with Crippen molar-refractivity contribution in [1.29, 1.82) is 0 Å². The van der Waals surface area contributed by atoms with E-state index >= 15 is 0 Å². The van der Waals surface area contributed by atoms with Crippen molar-refractivity contribution < 1.29 is 0 Å². The largest absolute Gasteiger partial charge is 0.118 e. The van der Waals surface area contributed by atoms with Gasteiger partial charge in [0.1, 0.15) is 8.07 Å². The van der Waals surface area contributed by atoms with Gasteiger partial charge in [0, 0.05) is 0 Å². The second-order valence-electron chi connectivity index (χ2n) is 6.98. The van der Waals surface area contributed by atoms with Gasteiger partial charge < -0.3 is 0 Å². The smallest absolute Gasteiger partial charge is 0.103 e. The Bertz CT molecular complexity index is 623. The molecular weight excluding hydrogens is 352 g/mol. The summed E-state index contributed by atoms with van der Waals surface area (Å²) in [7, 11) is -1.73. The molecule has 0 nitrogen and oxygen atoms in total. The highest BCUT2D eigenvalue weighted by Gasteiger charge is 2.35. The first-order valence-electron chi connectivity index (χ1n) is 10.3. The molecule has 0 amide bonds. The molecule has 0 aliphatic heterocycles. The van der Waals surface area contributed by atoms with Gasteiger partial charge in [-0.1, -0.05) is 95.3 Å². The third-order valence-electron chi connectivity index (χ3n) is 5.02. The van der Waals surface area contributed by atoms with Crippen LogP contribution in [-0.2, 0) is 0 Å². The van der Waals surface area contributed by atoms with Crippen LogP contribution < -0.4 is 10.4 Å². The predicted octanol–water partition coefficient (Wildman–Crippen LogP) is 6.93. The van der Waals surface area contributed by atoms with Crippen LogP contribution in [-0.4, -0.2) is 8.07 Å². The molecule has 0 bridgehead atoms. The third kappa shape index (κ3) is 7.70. The lowest BCUT2D eigenvalue weighted by Gasteiger charge is -2.33. The Kier molecular flexibility index (Phi) is 12.4. The molecule has 0 saturated heterocycles. The fourth-order valence-corrected chi connectivity index (χ4v) is 8.28. The van der Waals surface area contributed by atoms with Gasteiger partial charge in [0.15, 0.2) is 0 Å². The van der Waals surface area contributed by atoms with E-state index in [9.17, 15) is 0 Å². The van der Waals surface area contributed by atoms with Crippen LogP contribution >= 0.6 is 0 Å². The summed E-state index contributed by atoms with van der Waals surface area (Å²) >= 11 is 0. The third-order valence-corrected chi connectivity index (χ3v) is 10.2. The molecule has 0 unspecified atom stereocenters. The Labute approximate surface area is 174 Å². The number of benzene rings is 2. The summed E-state index contributed by atoms with van der Waals surface area (Å²) in [6.45, 7) is 15.1. The number of rotatable bonds is 12. The lowest BCUT2D eigenvalue weighted by Crippen LogP contribution is -2.57. The molecule has 2 rings (SSSR count). The zero-order valence-corrected chi connectivity index (χ0v) is 18.4. The van der Waals surface area contributed by atoms with Crippen molar-refractivity contribution in [3.8, 4) is 0 Å². The quantitative estimate of drug-likeness (QED) is 0.210. The van der Waals surface area contributed by atoms with Crippen LogP contribution in [0.2, 0.25) is 12.1 Å². The van der Waals surface area contributed by atoms with Crippen LogP contribution in [0.4, 0.5) is 0 Å². The zero-order chi connectivity index (χ0) is 20.5. The van der Waals surface area contributed by atoms with Gasteiger partial charge >= 0.3 is 0 Å². The maximum atomic E-state index is 3.93. The van der Waals surface area contributed by atoms with E-state index in [1.165, 1.54) is 28.9 Å². The van der Waals surface area contributed by atoms with Crippen molar-refractivity contribution in [2.24, 2.45) is 0 Å². The van der Waals surface area contributed by atoms with Crippen LogP contribution in [0.5, 0.6) is 0 Å². The number of allylic oxidation sites excluding steroid dienone is 4. The molecule has 0 N–H and O–H groups in total. The molecule has 1 heteroatoms. The maximum absolute atomic E-state index is 3.93. The van der Waals surface area contributed by atoms with Crippen LogP contribution in [0.1, 0.15) is 32.1 Å². The van der Waals surface area contributed by atoms with Crippen LogP contribution in [0.15, 0.2) is 111 Å². The molecule has 2 aromatic rings. The summed E-state index contributed by atoms with van der Waals surface area (Å²) in [5.74, 6) is 0. The van der Waals surface area contributed by atoms with Crippen molar-refractivity contribution in [3.63, 3.8) is 0 Å². The van der Waals surface area contributed by atoms with Crippen molar-refractivity contribution >= 4 is 18.4 Å². The molecule has 0 saturated carbocycles. The summed E-state index contributed by atoms with van der Waals surface area (Å²) < 4.78 is 0. The van der Waals surface area contributed by atoms with E-state index in [1.54, 1.807) is 0 Å². The van der Waals surface area contributed by atoms with Gasteiger partial charge in [0.2, 0.25) is 0 Å². The molecule has 0 atom stereocenters. The topological polar surface area (TPSA) is 0 Å². The monoisotopic (exact) mass is 388 g/mol. The highest BCUT2D eigenvalue weighted by molar-refractivity contribution is 7.02. The molecule has 0 aliphatic rings. The normalized spacial score (nSPS) is 10.3. The standard InChI is InChI=1S/C20H24Si.C7H12/c1-3-5-17-21(18-6-4-2,19-13-9-7-10-14-19)20-15-11-8-12-16-20;1-3-5-7-6-4-2/h3-4,7-16H,1-2,5-6,17-18H2;3-4H,1-2,5-7H2. The van der Waals surface area contributed by atoms with E-state index in [1.807, 2.05) is 12.2 Å². The predicted molar refractivity (Wildman–Crippen MR) is 131 cm³/mol. The minimum Gasteiger partial charge on any atom is -0.103 e. The summed E-state index contributed by atoms with van der Waals surface area (Å²) in [6.07, 6.45) is 13.6. The van der Waals surface area contributed by atoms with Crippen LogP contribution in [0.3, 0.4) is 0 Å². The van der Waals surface area contributed by atoms with E-state index in [-0.39, 0.29) is 0 Å². The molecule has 0 fully saturated rings. The molecule has 28 heavy (non-hydrogen) atoms. The molecule has 0 heterocycles. The van der Waals surface area contributed by atoms with Crippen molar-refractivity contribution in [3.05, 3.63) is 111 Å². The maximum Gasteiger partial charge on any atom is 0.118 e. The van der Waals surface area contributed by atoms with Gasteiger partial charge in [-0.3, -0.25) is 0 Å². The van der Waals surface area contributed by atoms with Crippen molar-refractivity contribution in [1.82, 2.24) is 0 Å². The lowest BCUT2D eigenvalue weighted by molar-refractivity contribution is 0.871. The first-order valence-corrected chi connectivity index (χ1v) is 12.7. The Morgan fingerprint density at radius 2 is 0.893 bits per heavy atom. The van der Waals surface area contributed by atoms with Crippen LogP contribution in [0.25, 0.3) is 0 Å². The molecule has 0 radical (unpaired) electrons. The van der Waals surface area contributed by atoms with E-state index < -0.39 is 8.07 Å². The fourth-order valence-electron chi connectivity index (χ4n) is 3.49. The first kappa shape index (κ1) is 23.7. The average Bonchev–Trinajstić information content (AvgIpc) is 2.76.